The maximum atomic E-state index is 5.93. The predicted octanol–water partition coefficient (Wildman–Crippen LogP) is 5.14. The van der Waals surface area contributed by atoms with Crippen molar-refractivity contribution < 1.29 is 4.74 Å². The summed E-state index contributed by atoms with van der Waals surface area (Å²) in [7, 11) is 0. The maximum absolute atomic E-state index is 5.93. The highest BCUT2D eigenvalue weighted by atomic mass is 16.5. The fourth-order valence-electron chi connectivity index (χ4n) is 3.74. The summed E-state index contributed by atoms with van der Waals surface area (Å²) < 4.78 is 5.93. The highest BCUT2D eigenvalue weighted by Crippen LogP contribution is 2.31. The molecular weight excluding hydrogens is 400 g/mol. The van der Waals surface area contributed by atoms with Crippen LogP contribution >= 0.6 is 0 Å². The zero-order valence-corrected chi connectivity index (χ0v) is 17.0. The van der Waals surface area contributed by atoms with E-state index in [1.807, 2.05) is 54.6 Å². The molecule has 0 bridgehead atoms. The van der Waals surface area contributed by atoms with Crippen LogP contribution in [0.4, 0.5) is 0 Å². The van der Waals surface area contributed by atoms with E-state index in [0.717, 1.165) is 50.1 Å². The Morgan fingerprint density at radius 3 is 2.72 bits per heavy atom. The van der Waals surface area contributed by atoms with Crippen molar-refractivity contribution in [3.63, 3.8) is 0 Å². The number of ether oxygens (including phenoxy) is 1. The van der Waals surface area contributed by atoms with E-state index in [1.165, 1.54) is 0 Å². The molecule has 1 aromatic carbocycles. The van der Waals surface area contributed by atoms with Gasteiger partial charge in [0.1, 0.15) is 23.7 Å². The Bertz CT molecular complexity index is 1500. The van der Waals surface area contributed by atoms with Crippen molar-refractivity contribution in [3.05, 3.63) is 91.0 Å². The summed E-state index contributed by atoms with van der Waals surface area (Å²) in [6.45, 7) is 0.485. The molecule has 6 rings (SSSR count). The molecule has 0 spiro atoms. The first kappa shape index (κ1) is 18.3. The molecule has 154 valence electrons. The van der Waals surface area contributed by atoms with Gasteiger partial charge in [-0.25, -0.2) is 4.98 Å². The van der Waals surface area contributed by atoms with Crippen molar-refractivity contribution in [2.24, 2.45) is 0 Å². The summed E-state index contributed by atoms with van der Waals surface area (Å²) in [5.41, 5.74) is 6.20. The largest absolute Gasteiger partial charge is 0.487 e. The van der Waals surface area contributed by atoms with Crippen molar-refractivity contribution >= 4 is 21.9 Å². The molecule has 0 amide bonds. The van der Waals surface area contributed by atoms with Gasteiger partial charge in [-0.3, -0.25) is 15.1 Å². The van der Waals surface area contributed by atoms with E-state index in [2.05, 4.69) is 36.2 Å². The highest BCUT2D eigenvalue weighted by Gasteiger charge is 2.13. The van der Waals surface area contributed by atoms with Gasteiger partial charge in [0, 0.05) is 28.7 Å². The Morgan fingerprint density at radius 2 is 1.81 bits per heavy atom. The number of aromatic nitrogens is 6. The molecule has 7 heteroatoms. The van der Waals surface area contributed by atoms with Gasteiger partial charge in [0.25, 0.3) is 0 Å². The third kappa shape index (κ3) is 3.35. The molecule has 5 aromatic heterocycles. The molecule has 7 nitrogen and oxygen atoms in total. The van der Waals surface area contributed by atoms with Crippen molar-refractivity contribution in [3.8, 4) is 28.4 Å². The Balaban J connectivity index is 1.34. The van der Waals surface area contributed by atoms with Gasteiger partial charge in [-0.1, -0.05) is 30.3 Å². The number of nitrogens with zero attached hydrogens (tertiary/aromatic N) is 4. The van der Waals surface area contributed by atoms with Crippen LogP contribution in [0.2, 0.25) is 0 Å². The first-order chi connectivity index (χ1) is 15.8. The predicted molar refractivity (Wildman–Crippen MR) is 123 cm³/mol. The quantitative estimate of drug-likeness (QED) is 0.404. The summed E-state index contributed by atoms with van der Waals surface area (Å²) in [6, 6.07) is 20.0. The Labute approximate surface area is 183 Å². The van der Waals surface area contributed by atoms with E-state index in [4.69, 9.17) is 4.74 Å². The number of hydrogen-bond donors (Lipinski definition) is 2. The van der Waals surface area contributed by atoms with Gasteiger partial charge in [0.15, 0.2) is 0 Å². The zero-order valence-electron chi connectivity index (χ0n) is 17.0. The van der Waals surface area contributed by atoms with E-state index in [0.29, 0.717) is 12.4 Å². The second-order valence-electron chi connectivity index (χ2n) is 7.50. The van der Waals surface area contributed by atoms with Crippen LogP contribution in [0.3, 0.4) is 0 Å². The molecule has 0 fully saturated rings. The highest BCUT2D eigenvalue weighted by molar-refractivity contribution is 5.96. The molecule has 2 N–H and O–H groups in total. The van der Waals surface area contributed by atoms with E-state index < -0.39 is 0 Å². The lowest BCUT2D eigenvalue weighted by molar-refractivity contribution is 0.305. The van der Waals surface area contributed by atoms with Crippen molar-refractivity contribution in [1.82, 2.24) is 30.1 Å². The number of aromatic amines is 2. The van der Waals surface area contributed by atoms with E-state index in [1.54, 1.807) is 24.8 Å². The minimum absolute atomic E-state index is 0.485. The molecule has 0 aliphatic carbocycles. The normalized spacial score (nSPS) is 11.2. The zero-order chi connectivity index (χ0) is 21.3. The molecule has 0 atom stereocenters. The smallest absolute Gasteiger partial charge is 0.138 e. The average Bonchev–Trinajstić information content (AvgIpc) is 3.47. The SMILES string of the molecule is c1ccc(COc2cncc(-c3cc4c(-c5cc6cccnc6[nH]5)n[nH]c4cn3)c2)cc1. The molecule has 0 unspecified atom stereocenters. The van der Waals surface area contributed by atoms with Crippen molar-refractivity contribution in [2.75, 3.05) is 0 Å². The molecule has 32 heavy (non-hydrogen) atoms. The molecule has 6 aromatic rings. The van der Waals surface area contributed by atoms with Crippen molar-refractivity contribution in [1.29, 1.82) is 0 Å². The van der Waals surface area contributed by atoms with Crippen LogP contribution in [-0.4, -0.2) is 30.1 Å². The molecule has 0 saturated heterocycles. The monoisotopic (exact) mass is 418 g/mol. The summed E-state index contributed by atoms with van der Waals surface area (Å²) in [4.78, 5) is 16.7. The number of H-pyrrole nitrogens is 2. The van der Waals surface area contributed by atoms with Crippen LogP contribution in [0.15, 0.2) is 85.5 Å². The second kappa shape index (κ2) is 7.63. The van der Waals surface area contributed by atoms with Gasteiger partial charge >= 0.3 is 0 Å². The number of hydrogen-bond acceptors (Lipinski definition) is 5. The second-order valence-corrected chi connectivity index (χ2v) is 7.50. The first-order valence-corrected chi connectivity index (χ1v) is 10.2. The van der Waals surface area contributed by atoms with Crippen LogP contribution in [0.5, 0.6) is 5.75 Å². The fraction of sp³-hybridized carbons (Fsp3) is 0.0400. The van der Waals surface area contributed by atoms with Crippen LogP contribution in [0.1, 0.15) is 5.56 Å². The van der Waals surface area contributed by atoms with Gasteiger partial charge in [0.05, 0.1) is 29.3 Å². The van der Waals surface area contributed by atoms with Crippen LogP contribution in [-0.2, 0) is 6.61 Å². The van der Waals surface area contributed by atoms with Crippen LogP contribution < -0.4 is 4.74 Å². The topological polar surface area (TPSA) is 92.4 Å². The Morgan fingerprint density at radius 1 is 0.875 bits per heavy atom. The summed E-state index contributed by atoms with van der Waals surface area (Å²) >= 11 is 0. The lowest BCUT2D eigenvalue weighted by atomic mass is 10.1. The third-order valence-corrected chi connectivity index (χ3v) is 5.35. The lowest BCUT2D eigenvalue weighted by Gasteiger charge is -2.08. The Hall–Kier alpha value is -4.52. The minimum Gasteiger partial charge on any atom is -0.487 e. The summed E-state index contributed by atoms with van der Waals surface area (Å²) in [5, 5.41) is 9.59. The minimum atomic E-state index is 0.485. The molecular formula is C25H18N6O. The number of pyridine rings is 3. The Kier molecular flexibility index (Phi) is 4.35. The van der Waals surface area contributed by atoms with Crippen LogP contribution in [0.25, 0.3) is 44.6 Å². The number of benzene rings is 1. The standard InChI is InChI=1S/C25H18N6O/c1-2-5-16(6-3-1)15-32-19-9-18(12-26-13-19)21-11-20-23(14-28-21)30-31-24(20)22-10-17-7-4-8-27-25(17)29-22/h1-14H,15H2,(H,27,29)(H,30,31). The van der Waals surface area contributed by atoms with Gasteiger partial charge in [-0.05, 0) is 35.9 Å². The first-order valence-electron chi connectivity index (χ1n) is 10.2. The average molecular weight is 418 g/mol. The van der Waals surface area contributed by atoms with Gasteiger partial charge in [0.2, 0.25) is 0 Å². The number of fused-ring (bicyclic) bond motifs is 2. The summed E-state index contributed by atoms with van der Waals surface area (Å²) in [5.74, 6) is 0.697. The molecule has 0 aliphatic heterocycles. The van der Waals surface area contributed by atoms with Crippen molar-refractivity contribution in [2.45, 2.75) is 6.61 Å². The van der Waals surface area contributed by atoms with Gasteiger partial charge < -0.3 is 9.72 Å². The third-order valence-electron chi connectivity index (χ3n) is 5.35. The molecule has 0 radical (unpaired) electrons. The van der Waals surface area contributed by atoms with E-state index >= 15 is 0 Å². The fourth-order valence-corrected chi connectivity index (χ4v) is 3.74. The van der Waals surface area contributed by atoms with Gasteiger partial charge in [-0.15, -0.1) is 0 Å². The number of rotatable bonds is 5. The molecule has 0 saturated carbocycles. The summed E-state index contributed by atoms with van der Waals surface area (Å²) in [6.07, 6.45) is 7.06. The maximum Gasteiger partial charge on any atom is 0.138 e. The lowest BCUT2D eigenvalue weighted by Crippen LogP contribution is -1.96. The van der Waals surface area contributed by atoms with E-state index in [-0.39, 0.29) is 0 Å². The molecule has 5 heterocycles. The molecule has 0 aliphatic rings. The van der Waals surface area contributed by atoms with E-state index in [9.17, 15) is 0 Å². The van der Waals surface area contributed by atoms with Crippen LogP contribution in [0, 0.1) is 0 Å². The van der Waals surface area contributed by atoms with Gasteiger partial charge in [-0.2, -0.15) is 5.10 Å². The number of nitrogens with one attached hydrogen (secondary N) is 2.